The van der Waals surface area contributed by atoms with Crippen molar-refractivity contribution in [2.24, 2.45) is 29.1 Å². The van der Waals surface area contributed by atoms with Crippen LogP contribution >= 0.6 is 0 Å². The molecule has 4 nitrogen and oxygen atoms in total. The van der Waals surface area contributed by atoms with Crippen LogP contribution in [0.1, 0.15) is 40.0 Å². The van der Waals surface area contributed by atoms with Crippen molar-refractivity contribution in [3.63, 3.8) is 0 Å². The van der Waals surface area contributed by atoms with E-state index in [1.165, 1.54) is 0 Å². The van der Waals surface area contributed by atoms with Crippen molar-refractivity contribution in [3.05, 3.63) is 0 Å². The molecule has 4 heteroatoms. The SMILES string of the molecule is C[C@H]1CC[C@@H]2[C@@H](OC(=O)[C@@H]2C)[C@]2(C)C(=O)[C@H](O)C[C@@H]12. The minimum atomic E-state index is -0.884. The molecular formula is C15H22O4. The first-order valence-electron chi connectivity index (χ1n) is 7.30. The summed E-state index contributed by atoms with van der Waals surface area (Å²) >= 11 is 0. The Morgan fingerprint density at radius 2 is 1.95 bits per heavy atom. The largest absolute Gasteiger partial charge is 0.461 e. The standard InChI is InChI=1S/C15H22O4/c1-7-4-5-9-8(2)14(18)19-13(9)15(3)10(7)6-11(16)12(15)17/h7-11,13,16H,4-6H2,1-3H3/t7-,8+,9-,10-,11+,13+,15-/m0/s1. The first kappa shape index (κ1) is 13.1. The Labute approximate surface area is 113 Å². The van der Waals surface area contributed by atoms with E-state index in [-0.39, 0.29) is 35.6 Å². The van der Waals surface area contributed by atoms with Gasteiger partial charge in [0, 0.05) is 5.92 Å². The van der Waals surface area contributed by atoms with Gasteiger partial charge in [-0.15, -0.1) is 0 Å². The molecule has 0 unspecified atom stereocenters. The van der Waals surface area contributed by atoms with Crippen LogP contribution in [-0.2, 0) is 14.3 Å². The molecule has 0 aromatic carbocycles. The Balaban J connectivity index is 2.06. The first-order chi connectivity index (χ1) is 8.87. The summed E-state index contributed by atoms with van der Waals surface area (Å²) in [5, 5.41) is 9.97. The molecule has 3 rings (SSSR count). The lowest BCUT2D eigenvalue weighted by atomic mass is 9.68. The number of rotatable bonds is 0. The highest BCUT2D eigenvalue weighted by molar-refractivity contribution is 5.92. The number of carbonyl (C=O) groups excluding carboxylic acids is 2. The van der Waals surface area contributed by atoms with Crippen LogP contribution < -0.4 is 0 Å². The Morgan fingerprint density at radius 1 is 1.26 bits per heavy atom. The molecule has 1 N–H and O–H groups in total. The van der Waals surface area contributed by atoms with Crippen LogP contribution in [0.4, 0.5) is 0 Å². The van der Waals surface area contributed by atoms with Gasteiger partial charge in [-0.1, -0.05) is 13.8 Å². The highest BCUT2D eigenvalue weighted by atomic mass is 16.6. The maximum absolute atomic E-state index is 12.5. The summed E-state index contributed by atoms with van der Waals surface area (Å²) in [6, 6.07) is 0. The van der Waals surface area contributed by atoms with Gasteiger partial charge in [-0.3, -0.25) is 9.59 Å². The van der Waals surface area contributed by atoms with Crippen molar-refractivity contribution < 1.29 is 19.4 Å². The minimum Gasteiger partial charge on any atom is -0.461 e. The van der Waals surface area contributed by atoms with Gasteiger partial charge in [0.15, 0.2) is 5.78 Å². The third-order valence-corrected chi connectivity index (χ3v) is 5.96. The van der Waals surface area contributed by atoms with Crippen molar-refractivity contribution >= 4 is 11.8 Å². The fourth-order valence-electron chi connectivity index (χ4n) is 4.69. The zero-order valence-corrected chi connectivity index (χ0v) is 11.8. The highest BCUT2D eigenvalue weighted by Crippen LogP contribution is 2.56. The molecule has 0 radical (unpaired) electrons. The molecule has 1 aliphatic heterocycles. The summed E-state index contributed by atoms with van der Waals surface area (Å²) in [6.45, 7) is 5.96. The van der Waals surface area contributed by atoms with Gasteiger partial charge in [0.1, 0.15) is 12.2 Å². The number of aliphatic hydroxyl groups excluding tert-OH is 1. The monoisotopic (exact) mass is 266 g/mol. The fraction of sp³-hybridized carbons (Fsp3) is 0.867. The molecule has 19 heavy (non-hydrogen) atoms. The molecule has 2 aliphatic carbocycles. The molecule has 3 aliphatic rings. The smallest absolute Gasteiger partial charge is 0.309 e. The molecule has 3 fully saturated rings. The summed E-state index contributed by atoms with van der Waals surface area (Å²) in [4.78, 5) is 24.3. The number of ketones is 1. The van der Waals surface area contributed by atoms with E-state index in [1.807, 2.05) is 13.8 Å². The second kappa shape index (κ2) is 4.05. The minimum absolute atomic E-state index is 0.122. The lowest BCUT2D eigenvalue weighted by Crippen LogP contribution is -2.46. The average molecular weight is 266 g/mol. The number of hydrogen-bond donors (Lipinski definition) is 1. The van der Waals surface area contributed by atoms with Crippen molar-refractivity contribution in [3.8, 4) is 0 Å². The lowest BCUT2D eigenvalue weighted by Gasteiger charge is -2.36. The van der Waals surface area contributed by atoms with Crippen LogP contribution in [0, 0.1) is 29.1 Å². The molecule has 2 saturated carbocycles. The van der Waals surface area contributed by atoms with E-state index >= 15 is 0 Å². The average Bonchev–Trinajstić information content (AvgIpc) is 2.74. The number of carbonyl (C=O) groups is 2. The zero-order chi connectivity index (χ0) is 13.9. The molecule has 106 valence electrons. The van der Waals surface area contributed by atoms with Gasteiger partial charge in [0.25, 0.3) is 0 Å². The third-order valence-electron chi connectivity index (χ3n) is 5.96. The predicted octanol–water partition coefficient (Wildman–Crippen LogP) is 1.55. The topological polar surface area (TPSA) is 63.6 Å². The Bertz CT molecular complexity index is 432. The third kappa shape index (κ3) is 1.55. The highest BCUT2D eigenvalue weighted by Gasteiger charge is 2.64. The van der Waals surface area contributed by atoms with Gasteiger partial charge >= 0.3 is 5.97 Å². The fourth-order valence-corrected chi connectivity index (χ4v) is 4.69. The summed E-state index contributed by atoms with van der Waals surface area (Å²) < 4.78 is 5.57. The van der Waals surface area contributed by atoms with Gasteiger partial charge in [-0.25, -0.2) is 0 Å². The van der Waals surface area contributed by atoms with Gasteiger partial charge in [-0.2, -0.15) is 0 Å². The van der Waals surface area contributed by atoms with Crippen LogP contribution in [0.5, 0.6) is 0 Å². The second-order valence-electron chi connectivity index (χ2n) is 6.87. The molecule has 0 bridgehead atoms. The van der Waals surface area contributed by atoms with E-state index in [4.69, 9.17) is 4.74 Å². The number of ether oxygens (including phenoxy) is 1. The molecule has 0 aromatic heterocycles. The van der Waals surface area contributed by atoms with E-state index in [1.54, 1.807) is 0 Å². The maximum atomic E-state index is 12.5. The first-order valence-corrected chi connectivity index (χ1v) is 7.30. The molecule has 7 atom stereocenters. The van der Waals surface area contributed by atoms with Crippen LogP contribution in [0.15, 0.2) is 0 Å². The van der Waals surface area contributed by atoms with Gasteiger partial charge in [0.05, 0.1) is 11.3 Å². The van der Waals surface area contributed by atoms with Crippen LogP contribution in [0.3, 0.4) is 0 Å². The summed E-state index contributed by atoms with van der Waals surface area (Å²) in [7, 11) is 0. The van der Waals surface area contributed by atoms with Crippen LogP contribution in [0.2, 0.25) is 0 Å². The van der Waals surface area contributed by atoms with Crippen molar-refractivity contribution in [2.45, 2.75) is 52.2 Å². The molecule has 0 aromatic rings. The number of fused-ring (bicyclic) bond motifs is 3. The van der Waals surface area contributed by atoms with Crippen LogP contribution in [0.25, 0.3) is 0 Å². The predicted molar refractivity (Wildman–Crippen MR) is 68.2 cm³/mol. The summed E-state index contributed by atoms with van der Waals surface area (Å²) in [6.07, 6.45) is 1.24. The number of aliphatic hydroxyl groups is 1. The van der Waals surface area contributed by atoms with E-state index in [0.717, 1.165) is 12.8 Å². The van der Waals surface area contributed by atoms with Crippen LogP contribution in [-0.4, -0.2) is 29.1 Å². The van der Waals surface area contributed by atoms with Crippen molar-refractivity contribution in [2.75, 3.05) is 0 Å². The maximum Gasteiger partial charge on any atom is 0.309 e. The number of esters is 1. The Morgan fingerprint density at radius 3 is 2.63 bits per heavy atom. The normalized spacial score (nSPS) is 53.5. The molecule has 1 heterocycles. The molecule has 0 amide bonds. The van der Waals surface area contributed by atoms with E-state index in [0.29, 0.717) is 12.3 Å². The zero-order valence-electron chi connectivity index (χ0n) is 11.8. The summed E-state index contributed by atoms with van der Waals surface area (Å²) in [5.74, 6) is 0.213. The lowest BCUT2D eigenvalue weighted by molar-refractivity contribution is -0.154. The number of Topliss-reactive ketones (excluding diaryl/α,β-unsaturated/α-hetero) is 1. The second-order valence-corrected chi connectivity index (χ2v) is 6.87. The van der Waals surface area contributed by atoms with E-state index in [2.05, 4.69) is 6.92 Å². The van der Waals surface area contributed by atoms with Gasteiger partial charge < -0.3 is 9.84 Å². The van der Waals surface area contributed by atoms with Gasteiger partial charge in [-0.05, 0) is 38.0 Å². The van der Waals surface area contributed by atoms with Gasteiger partial charge in [0.2, 0.25) is 0 Å². The van der Waals surface area contributed by atoms with E-state index in [9.17, 15) is 14.7 Å². The Kier molecular flexibility index (Phi) is 2.79. The van der Waals surface area contributed by atoms with Crippen molar-refractivity contribution in [1.82, 2.24) is 0 Å². The molecular weight excluding hydrogens is 244 g/mol. The number of hydrogen-bond acceptors (Lipinski definition) is 4. The molecule has 1 saturated heterocycles. The van der Waals surface area contributed by atoms with E-state index < -0.39 is 11.5 Å². The quantitative estimate of drug-likeness (QED) is 0.676. The Hall–Kier alpha value is -0.900. The summed E-state index contributed by atoms with van der Waals surface area (Å²) in [5.41, 5.74) is -0.694. The van der Waals surface area contributed by atoms with Crippen molar-refractivity contribution in [1.29, 1.82) is 0 Å². The molecule has 0 spiro atoms.